The molecule has 1 N–H and O–H groups in total. The Bertz CT molecular complexity index is 367. The average Bonchev–Trinajstić information content (AvgIpc) is 2.17. The summed E-state index contributed by atoms with van der Waals surface area (Å²) in [5.41, 5.74) is 1.52. The molecular weight excluding hydrogens is 198 g/mol. The Morgan fingerprint density at radius 1 is 1.43 bits per heavy atom. The monoisotopic (exact) mass is 207 g/mol. The van der Waals surface area contributed by atoms with Crippen LogP contribution in [0, 0.1) is 5.41 Å². The van der Waals surface area contributed by atoms with Crippen molar-refractivity contribution in [2.75, 3.05) is 0 Å². The van der Waals surface area contributed by atoms with Gasteiger partial charge in [-0.05, 0) is 5.56 Å². The van der Waals surface area contributed by atoms with Gasteiger partial charge in [-0.1, -0.05) is 42.4 Å². The van der Waals surface area contributed by atoms with E-state index in [1.54, 1.807) is 12.1 Å². The first-order chi connectivity index (χ1) is 6.63. The summed E-state index contributed by atoms with van der Waals surface area (Å²) in [6.45, 7) is 3.59. The van der Waals surface area contributed by atoms with Gasteiger partial charge in [0.1, 0.15) is 0 Å². The van der Waals surface area contributed by atoms with Gasteiger partial charge in [0.15, 0.2) is 0 Å². The molecule has 0 aliphatic rings. The molecule has 0 unspecified atom stereocenters. The third-order valence-electron chi connectivity index (χ3n) is 1.77. The number of hydrogen-bond donors (Lipinski definition) is 1. The largest absolute Gasteiger partial charge is 0.305 e. The van der Waals surface area contributed by atoms with Crippen molar-refractivity contribution >= 4 is 23.6 Å². The molecule has 0 fully saturated rings. The van der Waals surface area contributed by atoms with Crippen molar-refractivity contribution in [2.45, 2.75) is 6.42 Å². The van der Waals surface area contributed by atoms with Crippen LogP contribution >= 0.6 is 11.6 Å². The highest BCUT2D eigenvalue weighted by molar-refractivity contribution is 6.34. The third kappa shape index (κ3) is 2.82. The normalized spacial score (nSPS) is 9.50. The average molecular weight is 208 g/mol. The fraction of sp³-hybridized carbons (Fsp3) is 0.0909. The van der Waals surface area contributed by atoms with E-state index in [4.69, 9.17) is 17.0 Å². The molecule has 0 aliphatic heterocycles. The molecule has 1 aromatic rings. The lowest BCUT2D eigenvalue weighted by atomic mass is 10.1. The molecule has 1 aromatic carbocycles. The molecule has 0 saturated heterocycles. The van der Waals surface area contributed by atoms with Crippen LogP contribution in [0.4, 0.5) is 0 Å². The first kappa shape index (κ1) is 10.7. The second kappa shape index (κ2) is 4.72. The van der Waals surface area contributed by atoms with Crippen LogP contribution in [0.15, 0.2) is 35.9 Å². The minimum atomic E-state index is -0.291. The Balaban J connectivity index is 2.83. The minimum Gasteiger partial charge on any atom is -0.305 e. The number of ketones is 1. The molecule has 0 heterocycles. The van der Waals surface area contributed by atoms with Crippen molar-refractivity contribution < 1.29 is 4.79 Å². The highest BCUT2D eigenvalue weighted by atomic mass is 35.5. The molecule has 1 rings (SSSR count). The zero-order valence-electron chi connectivity index (χ0n) is 7.59. The number of rotatable bonds is 4. The van der Waals surface area contributed by atoms with E-state index in [0.29, 0.717) is 17.0 Å². The van der Waals surface area contributed by atoms with Crippen molar-refractivity contribution in [2.24, 2.45) is 0 Å². The Labute approximate surface area is 87.7 Å². The molecule has 0 bridgehead atoms. The van der Waals surface area contributed by atoms with Gasteiger partial charge in [0.25, 0.3) is 0 Å². The molecule has 3 heteroatoms. The van der Waals surface area contributed by atoms with Gasteiger partial charge in [0.2, 0.25) is 5.78 Å². The SMILES string of the molecule is C=C(Cl)Cc1ccc(C(=O)C=N)cc1. The van der Waals surface area contributed by atoms with Crippen molar-refractivity contribution in [1.82, 2.24) is 0 Å². The number of nitrogens with one attached hydrogen (secondary N) is 1. The molecule has 0 aliphatic carbocycles. The maximum Gasteiger partial charge on any atom is 0.203 e. The molecular formula is C11H10ClNO. The van der Waals surface area contributed by atoms with E-state index < -0.39 is 0 Å². The third-order valence-corrected chi connectivity index (χ3v) is 1.90. The fourth-order valence-electron chi connectivity index (χ4n) is 1.09. The Morgan fingerprint density at radius 3 is 2.43 bits per heavy atom. The predicted octanol–water partition coefficient (Wildman–Crippen LogP) is 2.81. The van der Waals surface area contributed by atoms with Gasteiger partial charge >= 0.3 is 0 Å². The quantitative estimate of drug-likeness (QED) is 0.599. The van der Waals surface area contributed by atoms with Crippen LogP contribution in [0.5, 0.6) is 0 Å². The highest BCUT2D eigenvalue weighted by Crippen LogP contribution is 2.11. The van der Waals surface area contributed by atoms with Crippen LogP contribution in [-0.4, -0.2) is 12.0 Å². The van der Waals surface area contributed by atoms with E-state index in [1.807, 2.05) is 12.1 Å². The van der Waals surface area contributed by atoms with E-state index in [1.165, 1.54) is 0 Å². The zero-order valence-corrected chi connectivity index (χ0v) is 8.34. The van der Waals surface area contributed by atoms with E-state index in [9.17, 15) is 4.79 Å². The van der Waals surface area contributed by atoms with Gasteiger partial charge in [0, 0.05) is 17.0 Å². The number of carbonyl (C=O) groups is 1. The summed E-state index contributed by atoms with van der Waals surface area (Å²) < 4.78 is 0. The number of allylic oxidation sites excluding steroid dienone is 1. The van der Waals surface area contributed by atoms with Crippen LogP contribution in [0.25, 0.3) is 0 Å². The Morgan fingerprint density at radius 2 is 2.00 bits per heavy atom. The van der Waals surface area contributed by atoms with Gasteiger partial charge < -0.3 is 5.41 Å². The number of benzene rings is 1. The molecule has 0 aromatic heterocycles. The second-order valence-corrected chi connectivity index (χ2v) is 3.43. The summed E-state index contributed by atoms with van der Waals surface area (Å²) in [6.07, 6.45) is 1.40. The number of hydrogen-bond acceptors (Lipinski definition) is 2. The summed E-state index contributed by atoms with van der Waals surface area (Å²) in [6, 6.07) is 6.99. The van der Waals surface area contributed by atoms with Crippen LogP contribution in [0.3, 0.4) is 0 Å². The number of halogens is 1. The van der Waals surface area contributed by atoms with Crippen molar-refractivity contribution in [1.29, 1.82) is 5.41 Å². The molecule has 0 amide bonds. The molecule has 0 spiro atoms. The standard InChI is InChI=1S/C11H10ClNO/c1-8(12)6-9-2-4-10(5-3-9)11(14)7-13/h2-5,7,13H,1,6H2. The maximum atomic E-state index is 11.1. The lowest BCUT2D eigenvalue weighted by Crippen LogP contribution is -1.98. The Hall–Kier alpha value is -1.41. The number of carbonyl (C=O) groups excluding carboxylic acids is 1. The second-order valence-electron chi connectivity index (χ2n) is 2.90. The van der Waals surface area contributed by atoms with E-state index >= 15 is 0 Å². The maximum absolute atomic E-state index is 11.1. The molecule has 0 saturated carbocycles. The van der Waals surface area contributed by atoms with E-state index in [-0.39, 0.29) is 5.78 Å². The van der Waals surface area contributed by atoms with Crippen molar-refractivity contribution in [3.63, 3.8) is 0 Å². The van der Waals surface area contributed by atoms with E-state index in [0.717, 1.165) is 11.8 Å². The highest BCUT2D eigenvalue weighted by Gasteiger charge is 2.01. The van der Waals surface area contributed by atoms with Gasteiger partial charge in [-0.2, -0.15) is 0 Å². The van der Waals surface area contributed by atoms with Crippen LogP contribution in [-0.2, 0) is 6.42 Å². The number of Topliss-reactive ketones (excluding diaryl/α,β-unsaturated/α-hetero) is 1. The molecule has 0 radical (unpaired) electrons. The summed E-state index contributed by atoms with van der Waals surface area (Å²) in [5.74, 6) is -0.291. The summed E-state index contributed by atoms with van der Waals surface area (Å²) in [4.78, 5) is 11.1. The topological polar surface area (TPSA) is 40.9 Å². The van der Waals surface area contributed by atoms with Crippen molar-refractivity contribution in [3.8, 4) is 0 Å². The molecule has 72 valence electrons. The zero-order chi connectivity index (χ0) is 10.6. The van der Waals surface area contributed by atoms with Crippen LogP contribution in [0.2, 0.25) is 0 Å². The minimum absolute atomic E-state index is 0.291. The smallest absolute Gasteiger partial charge is 0.203 e. The lowest BCUT2D eigenvalue weighted by molar-refractivity contribution is 0.107. The summed E-state index contributed by atoms with van der Waals surface area (Å²) in [7, 11) is 0. The first-order valence-corrected chi connectivity index (χ1v) is 4.48. The van der Waals surface area contributed by atoms with Crippen LogP contribution < -0.4 is 0 Å². The van der Waals surface area contributed by atoms with Gasteiger partial charge in [0.05, 0.1) is 6.21 Å². The van der Waals surface area contributed by atoms with E-state index in [2.05, 4.69) is 6.58 Å². The van der Waals surface area contributed by atoms with Gasteiger partial charge in [-0.15, -0.1) is 0 Å². The van der Waals surface area contributed by atoms with Gasteiger partial charge in [-0.25, -0.2) is 0 Å². The fourth-order valence-corrected chi connectivity index (χ4v) is 1.25. The predicted molar refractivity (Wildman–Crippen MR) is 58.3 cm³/mol. The van der Waals surface area contributed by atoms with Crippen LogP contribution in [0.1, 0.15) is 15.9 Å². The summed E-state index contributed by atoms with van der Waals surface area (Å²) >= 11 is 5.64. The molecule has 14 heavy (non-hydrogen) atoms. The van der Waals surface area contributed by atoms with Gasteiger partial charge in [-0.3, -0.25) is 4.79 Å². The Kier molecular flexibility index (Phi) is 3.60. The molecule has 0 atom stereocenters. The summed E-state index contributed by atoms with van der Waals surface area (Å²) in [5, 5.41) is 7.37. The molecule has 2 nitrogen and oxygen atoms in total. The van der Waals surface area contributed by atoms with Crippen molar-refractivity contribution in [3.05, 3.63) is 47.0 Å². The lowest BCUT2D eigenvalue weighted by Gasteiger charge is -2.00. The first-order valence-electron chi connectivity index (χ1n) is 4.10.